The fourth-order valence-electron chi connectivity index (χ4n) is 2.32. The second-order valence-electron chi connectivity index (χ2n) is 4.59. The molecule has 3 heteroatoms. The highest BCUT2D eigenvalue weighted by Gasteiger charge is 2.12. The molecular formula is C16H14BrNS. The van der Waals surface area contributed by atoms with Crippen molar-refractivity contribution in [3.05, 3.63) is 69.5 Å². The molecular weight excluding hydrogens is 318 g/mol. The maximum atomic E-state index is 6.41. The van der Waals surface area contributed by atoms with E-state index >= 15 is 0 Å². The van der Waals surface area contributed by atoms with E-state index in [1.165, 1.54) is 21.2 Å². The smallest absolute Gasteiger partial charge is 0.0390 e. The summed E-state index contributed by atoms with van der Waals surface area (Å²) in [5, 5.41) is 3.41. The minimum absolute atomic E-state index is 0.0288. The summed E-state index contributed by atoms with van der Waals surface area (Å²) >= 11 is 5.35. The van der Waals surface area contributed by atoms with Gasteiger partial charge in [0.15, 0.2) is 0 Å². The molecule has 0 aliphatic heterocycles. The molecule has 0 saturated carbocycles. The fourth-order valence-corrected chi connectivity index (χ4v) is 3.74. The molecule has 96 valence electrons. The summed E-state index contributed by atoms with van der Waals surface area (Å²) in [6, 6.07) is 16.8. The second-order valence-corrected chi connectivity index (χ2v) is 6.36. The number of halogens is 1. The third kappa shape index (κ3) is 2.59. The normalized spacial score (nSPS) is 12.7. The molecule has 0 fully saturated rings. The molecule has 2 N–H and O–H groups in total. The van der Waals surface area contributed by atoms with Gasteiger partial charge >= 0.3 is 0 Å². The summed E-state index contributed by atoms with van der Waals surface area (Å²) in [5.74, 6) is 0. The van der Waals surface area contributed by atoms with Gasteiger partial charge in [0.2, 0.25) is 0 Å². The van der Waals surface area contributed by atoms with Crippen LogP contribution in [0.15, 0.2) is 58.4 Å². The summed E-state index contributed by atoms with van der Waals surface area (Å²) in [6.45, 7) is 0. The number of fused-ring (bicyclic) bond motifs is 1. The van der Waals surface area contributed by atoms with Crippen molar-refractivity contribution >= 4 is 37.4 Å². The number of nitrogens with two attached hydrogens (primary N) is 1. The molecule has 0 radical (unpaired) electrons. The molecule has 3 aromatic rings. The van der Waals surface area contributed by atoms with Gasteiger partial charge in [-0.05, 0) is 40.4 Å². The molecule has 2 aromatic carbocycles. The van der Waals surface area contributed by atoms with Crippen LogP contribution in [-0.2, 0) is 6.42 Å². The van der Waals surface area contributed by atoms with Gasteiger partial charge in [-0.25, -0.2) is 0 Å². The van der Waals surface area contributed by atoms with Crippen LogP contribution in [0.4, 0.5) is 0 Å². The Morgan fingerprint density at radius 3 is 2.74 bits per heavy atom. The Balaban J connectivity index is 1.94. The van der Waals surface area contributed by atoms with Gasteiger partial charge < -0.3 is 5.73 Å². The summed E-state index contributed by atoms with van der Waals surface area (Å²) in [6.07, 6.45) is 0.846. The van der Waals surface area contributed by atoms with Crippen molar-refractivity contribution in [1.82, 2.24) is 0 Å². The van der Waals surface area contributed by atoms with Crippen LogP contribution in [0.1, 0.15) is 17.2 Å². The van der Waals surface area contributed by atoms with Gasteiger partial charge in [-0.3, -0.25) is 0 Å². The van der Waals surface area contributed by atoms with E-state index in [4.69, 9.17) is 5.73 Å². The molecule has 3 rings (SSSR count). The minimum atomic E-state index is 0.0288. The van der Waals surface area contributed by atoms with Crippen LogP contribution in [0.5, 0.6) is 0 Å². The molecule has 0 aliphatic rings. The molecule has 19 heavy (non-hydrogen) atoms. The van der Waals surface area contributed by atoms with E-state index in [2.05, 4.69) is 63.8 Å². The van der Waals surface area contributed by atoms with Crippen LogP contribution in [0.2, 0.25) is 0 Å². The summed E-state index contributed by atoms with van der Waals surface area (Å²) in [5.41, 5.74) is 8.90. The lowest BCUT2D eigenvalue weighted by atomic mass is 9.99. The van der Waals surface area contributed by atoms with E-state index in [-0.39, 0.29) is 6.04 Å². The van der Waals surface area contributed by atoms with Gasteiger partial charge in [-0.1, -0.05) is 52.3 Å². The monoisotopic (exact) mass is 331 g/mol. The quantitative estimate of drug-likeness (QED) is 0.725. The Kier molecular flexibility index (Phi) is 3.69. The van der Waals surface area contributed by atoms with Crippen LogP contribution >= 0.6 is 27.3 Å². The second kappa shape index (κ2) is 5.45. The fraction of sp³-hybridized carbons (Fsp3) is 0.125. The maximum Gasteiger partial charge on any atom is 0.0390 e. The first-order valence-electron chi connectivity index (χ1n) is 6.21. The number of rotatable bonds is 3. The molecule has 1 atom stereocenters. The first-order chi connectivity index (χ1) is 9.25. The highest BCUT2D eigenvalue weighted by Crippen LogP contribution is 2.30. The van der Waals surface area contributed by atoms with Crippen LogP contribution in [-0.4, -0.2) is 0 Å². The largest absolute Gasteiger partial charge is 0.324 e. The SMILES string of the molecule is NC(Cc1ccccc1Br)c1cccc2ccsc12. The van der Waals surface area contributed by atoms with E-state index in [0.717, 1.165) is 10.9 Å². The van der Waals surface area contributed by atoms with Crippen LogP contribution in [0, 0.1) is 0 Å². The summed E-state index contributed by atoms with van der Waals surface area (Å²) in [4.78, 5) is 0. The molecule has 0 bridgehead atoms. The van der Waals surface area contributed by atoms with Gasteiger partial charge in [0.1, 0.15) is 0 Å². The van der Waals surface area contributed by atoms with E-state index in [0.29, 0.717) is 0 Å². The zero-order valence-electron chi connectivity index (χ0n) is 10.3. The molecule has 1 aromatic heterocycles. The van der Waals surface area contributed by atoms with Crippen molar-refractivity contribution in [3.63, 3.8) is 0 Å². The Morgan fingerprint density at radius 2 is 1.89 bits per heavy atom. The van der Waals surface area contributed by atoms with Gasteiger partial charge in [0.05, 0.1) is 0 Å². The zero-order chi connectivity index (χ0) is 13.2. The van der Waals surface area contributed by atoms with Crippen molar-refractivity contribution in [1.29, 1.82) is 0 Å². The molecule has 1 heterocycles. The van der Waals surface area contributed by atoms with Gasteiger partial charge in [0, 0.05) is 15.2 Å². The Morgan fingerprint density at radius 1 is 1.05 bits per heavy atom. The molecule has 0 aliphatic carbocycles. The van der Waals surface area contributed by atoms with Crippen LogP contribution in [0.3, 0.4) is 0 Å². The molecule has 0 spiro atoms. The molecule has 0 saturated heterocycles. The standard InChI is InChI=1S/C16H14BrNS/c17-14-7-2-1-4-12(14)10-15(18)13-6-3-5-11-8-9-19-16(11)13/h1-9,15H,10,18H2. The van der Waals surface area contributed by atoms with Crippen LogP contribution < -0.4 is 5.73 Å². The van der Waals surface area contributed by atoms with Crippen molar-refractivity contribution in [3.8, 4) is 0 Å². The lowest BCUT2D eigenvalue weighted by Gasteiger charge is -2.14. The highest BCUT2D eigenvalue weighted by molar-refractivity contribution is 9.10. The van der Waals surface area contributed by atoms with E-state index in [1.807, 2.05) is 6.07 Å². The zero-order valence-corrected chi connectivity index (χ0v) is 12.7. The van der Waals surface area contributed by atoms with E-state index < -0.39 is 0 Å². The van der Waals surface area contributed by atoms with Gasteiger partial charge in [-0.2, -0.15) is 0 Å². The van der Waals surface area contributed by atoms with E-state index in [1.54, 1.807) is 11.3 Å². The lowest BCUT2D eigenvalue weighted by molar-refractivity contribution is 0.727. The Hall–Kier alpha value is -1.16. The van der Waals surface area contributed by atoms with Crippen molar-refractivity contribution in [2.45, 2.75) is 12.5 Å². The van der Waals surface area contributed by atoms with Gasteiger partial charge in [-0.15, -0.1) is 11.3 Å². The number of hydrogen-bond donors (Lipinski definition) is 1. The first-order valence-corrected chi connectivity index (χ1v) is 7.88. The lowest BCUT2D eigenvalue weighted by Crippen LogP contribution is -2.13. The first kappa shape index (κ1) is 12.9. The molecule has 1 unspecified atom stereocenters. The van der Waals surface area contributed by atoms with Crippen molar-refractivity contribution < 1.29 is 0 Å². The van der Waals surface area contributed by atoms with Gasteiger partial charge in [0.25, 0.3) is 0 Å². The molecule has 0 amide bonds. The summed E-state index contributed by atoms with van der Waals surface area (Å²) in [7, 11) is 0. The predicted octanol–water partition coefficient (Wildman–Crippen LogP) is 4.91. The average Bonchev–Trinajstić information content (AvgIpc) is 2.89. The topological polar surface area (TPSA) is 26.0 Å². The molecule has 1 nitrogen and oxygen atoms in total. The van der Waals surface area contributed by atoms with Crippen molar-refractivity contribution in [2.75, 3.05) is 0 Å². The Bertz CT molecular complexity index is 705. The highest BCUT2D eigenvalue weighted by atomic mass is 79.9. The number of hydrogen-bond acceptors (Lipinski definition) is 2. The maximum absolute atomic E-state index is 6.41. The van der Waals surface area contributed by atoms with Crippen molar-refractivity contribution in [2.24, 2.45) is 5.73 Å². The third-order valence-electron chi connectivity index (χ3n) is 3.31. The predicted molar refractivity (Wildman–Crippen MR) is 86.6 cm³/mol. The van der Waals surface area contributed by atoms with E-state index in [9.17, 15) is 0 Å². The number of thiophene rings is 1. The number of benzene rings is 2. The average molecular weight is 332 g/mol. The minimum Gasteiger partial charge on any atom is -0.324 e. The third-order valence-corrected chi connectivity index (χ3v) is 5.06. The van der Waals surface area contributed by atoms with Crippen LogP contribution in [0.25, 0.3) is 10.1 Å². The Labute approximate surface area is 125 Å². The summed E-state index contributed by atoms with van der Waals surface area (Å²) < 4.78 is 2.44.